The van der Waals surface area contributed by atoms with Crippen molar-refractivity contribution in [3.8, 4) is 0 Å². The van der Waals surface area contributed by atoms with Gasteiger partial charge in [0.05, 0.1) is 24.2 Å². The lowest BCUT2D eigenvalue weighted by Gasteiger charge is -2.26. The van der Waals surface area contributed by atoms with Crippen molar-refractivity contribution >= 4 is 16.7 Å². The SMILES string of the molecule is CCc1nc2cc(N)ccc2n1CCN1CCOCC1. The highest BCUT2D eigenvalue weighted by molar-refractivity contribution is 5.79. The number of aryl methyl sites for hydroxylation is 1. The van der Waals surface area contributed by atoms with E-state index in [0.29, 0.717) is 0 Å². The first-order chi connectivity index (χ1) is 9.78. The van der Waals surface area contributed by atoms with E-state index in [9.17, 15) is 0 Å². The second-order valence-corrected chi connectivity index (χ2v) is 5.24. The van der Waals surface area contributed by atoms with Crippen molar-refractivity contribution in [3.63, 3.8) is 0 Å². The van der Waals surface area contributed by atoms with Crippen LogP contribution in [0.1, 0.15) is 12.7 Å². The molecular weight excluding hydrogens is 252 g/mol. The van der Waals surface area contributed by atoms with E-state index in [1.807, 2.05) is 12.1 Å². The van der Waals surface area contributed by atoms with Gasteiger partial charge in [0.1, 0.15) is 5.82 Å². The number of imidazole rings is 1. The Morgan fingerprint density at radius 3 is 2.80 bits per heavy atom. The summed E-state index contributed by atoms with van der Waals surface area (Å²) < 4.78 is 7.71. The van der Waals surface area contributed by atoms with Gasteiger partial charge < -0.3 is 15.0 Å². The molecule has 0 atom stereocenters. The maximum Gasteiger partial charge on any atom is 0.109 e. The van der Waals surface area contributed by atoms with Crippen molar-refractivity contribution in [2.24, 2.45) is 0 Å². The Kier molecular flexibility index (Phi) is 3.89. The topological polar surface area (TPSA) is 56.3 Å². The first-order valence-electron chi connectivity index (χ1n) is 7.32. The van der Waals surface area contributed by atoms with Crippen LogP contribution in [-0.2, 0) is 17.7 Å². The number of hydrogen-bond donors (Lipinski definition) is 1. The lowest BCUT2D eigenvalue weighted by atomic mass is 10.3. The van der Waals surface area contributed by atoms with Crippen molar-refractivity contribution < 1.29 is 4.74 Å². The van der Waals surface area contributed by atoms with E-state index in [1.165, 1.54) is 5.52 Å². The summed E-state index contributed by atoms with van der Waals surface area (Å²) in [7, 11) is 0. The van der Waals surface area contributed by atoms with Crippen LogP contribution < -0.4 is 5.73 Å². The van der Waals surface area contributed by atoms with Crippen LogP contribution in [0.3, 0.4) is 0 Å². The van der Waals surface area contributed by atoms with Crippen LogP contribution in [0.25, 0.3) is 11.0 Å². The molecule has 1 saturated heterocycles. The summed E-state index contributed by atoms with van der Waals surface area (Å²) in [5, 5.41) is 0. The van der Waals surface area contributed by atoms with Crippen molar-refractivity contribution in [1.82, 2.24) is 14.5 Å². The average Bonchev–Trinajstić information content (AvgIpc) is 2.83. The summed E-state index contributed by atoms with van der Waals surface area (Å²) in [6, 6.07) is 5.99. The Morgan fingerprint density at radius 2 is 2.05 bits per heavy atom. The Morgan fingerprint density at radius 1 is 1.25 bits per heavy atom. The molecule has 0 spiro atoms. The quantitative estimate of drug-likeness (QED) is 0.859. The summed E-state index contributed by atoms with van der Waals surface area (Å²) in [6.45, 7) is 7.93. The predicted molar refractivity (Wildman–Crippen MR) is 80.8 cm³/mol. The number of rotatable bonds is 4. The summed E-state index contributed by atoms with van der Waals surface area (Å²) in [5.74, 6) is 1.14. The molecule has 0 radical (unpaired) electrons. The molecule has 3 rings (SSSR count). The highest BCUT2D eigenvalue weighted by Crippen LogP contribution is 2.19. The van der Waals surface area contributed by atoms with Gasteiger partial charge in [-0.25, -0.2) is 4.98 Å². The Labute approximate surface area is 119 Å². The van der Waals surface area contributed by atoms with Gasteiger partial charge in [0, 0.05) is 38.3 Å². The minimum absolute atomic E-state index is 0.776. The smallest absolute Gasteiger partial charge is 0.109 e. The molecule has 1 aromatic carbocycles. The van der Waals surface area contributed by atoms with Crippen LogP contribution >= 0.6 is 0 Å². The third kappa shape index (κ3) is 2.64. The van der Waals surface area contributed by atoms with Crippen molar-refractivity contribution in [2.75, 3.05) is 38.6 Å². The molecule has 1 aliphatic heterocycles. The molecule has 1 aliphatic rings. The van der Waals surface area contributed by atoms with E-state index in [1.54, 1.807) is 0 Å². The zero-order valence-electron chi connectivity index (χ0n) is 12.0. The molecule has 2 N–H and O–H groups in total. The molecule has 1 fully saturated rings. The van der Waals surface area contributed by atoms with E-state index >= 15 is 0 Å². The molecule has 0 saturated carbocycles. The molecule has 5 nitrogen and oxygen atoms in total. The maximum absolute atomic E-state index is 5.84. The first-order valence-corrected chi connectivity index (χ1v) is 7.32. The Hall–Kier alpha value is -1.59. The number of morpholine rings is 1. The molecule has 0 bridgehead atoms. The van der Waals surface area contributed by atoms with Gasteiger partial charge in [0.25, 0.3) is 0 Å². The molecule has 108 valence electrons. The van der Waals surface area contributed by atoms with Crippen molar-refractivity contribution in [3.05, 3.63) is 24.0 Å². The van der Waals surface area contributed by atoms with E-state index in [-0.39, 0.29) is 0 Å². The van der Waals surface area contributed by atoms with Crippen LogP contribution in [-0.4, -0.2) is 47.3 Å². The second kappa shape index (κ2) is 5.81. The van der Waals surface area contributed by atoms with Crippen LogP contribution in [0, 0.1) is 0 Å². The van der Waals surface area contributed by atoms with Gasteiger partial charge in [-0.1, -0.05) is 6.92 Å². The summed E-state index contributed by atoms with van der Waals surface area (Å²) >= 11 is 0. The molecule has 2 heterocycles. The molecular formula is C15H22N4O. The Balaban J connectivity index is 1.81. The number of nitrogens with zero attached hydrogens (tertiary/aromatic N) is 3. The van der Waals surface area contributed by atoms with Gasteiger partial charge in [0.15, 0.2) is 0 Å². The molecule has 1 aromatic heterocycles. The van der Waals surface area contributed by atoms with Gasteiger partial charge in [-0.15, -0.1) is 0 Å². The van der Waals surface area contributed by atoms with Gasteiger partial charge in [-0.05, 0) is 18.2 Å². The number of fused-ring (bicyclic) bond motifs is 1. The number of benzene rings is 1. The summed E-state index contributed by atoms with van der Waals surface area (Å²) in [4.78, 5) is 7.15. The number of ether oxygens (including phenoxy) is 1. The zero-order valence-corrected chi connectivity index (χ0v) is 12.0. The van der Waals surface area contributed by atoms with Gasteiger partial charge in [-0.2, -0.15) is 0 Å². The highest BCUT2D eigenvalue weighted by atomic mass is 16.5. The van der Waals surface area contributed by atoms with Gasteiger partial charge in [0.2, 0.25) is 0 Å². The number of nitrogen functional groups attached to an aromatic ring is 1. The number of hydrogen-bond acceptors (Lipinski definition) is 4. The monoisotopic (exact) mass is 274 g/mol. The van der Waals surface area contributed by atoms with Crippen LogP contribution in [0.2, 0.25) is 0 Å². The predicted octanol–water partition coefficient (Wildman–Crippen LogP) is 1.51. The van der Waals surface area contributed by atoms with Gasteiger partial charge >= 0.3 is 0 Å². The fourth-order valence-corrected chi connectivity index (χ4v) is 2.78. The summed E-state index contributed by atoms with van der Waals surface area (Å²) in [5.41, 5.74) is 8.81. The third-order valence-electron chi connectivity index (χ3n) is 3.91. The lowest BCUT2D eigenvalue weighted by Crippen LogP contribution is -2.38. The molecule has 20 heavy (non-hydrogen) atoms. The van der Waals surface area contributed by atoms with E-state index in [2.05, 4.69) is 22.5 Å². The molecule has 2 aromatic rings. The first kappa shape index (κ1) is 13.4. The molecule has 5 heteroatoms. The maximum atomic E-state index is 5.84. The lowest BCUT2D eigenvalue weighted by molar-refractivity contribution is 0.0364. The highest BCUT2D eigenvalue weighted by Gasteiger charge is 2.13. The second-order valence-electron chi connectivity index (χ2n) is 5.24. The number of anilines is 1. The fourth-order valence-electron chi connectivity index (χ4n) is 2.78. The van der Waals surface area contributed by atoms with Crippen molar-refractivity contribution in [1.29, 1.82) is 0 Å². The van der Waals surface area contributed by atoms with Crippen LogP contribution in [0.5, 0.6) is 0 Å². The van der Waals surface area contributed by atoms with E-state index in [4.69, 9.17) is 15.5 Å². The summed E-state index contributed by atoms with van der Waals surface area (Å²) in [6.07, 6.45) is 0.942. The van der Waals surface area contributed by atoms with Crippen molar-refractivity contribution in [2.45, 2.75) is 19.9 Å². The molecule has 0 amide bonds. The van der Waals surface area contributed by atoms with E-state index in [0.717, 1.165) is 62.8 Å². The minimum Gasteiger partial charge on any atom is -0.399 e. The third-order valence-corrected chi connectivity index (χ3v) is 3.91. The normalized spacial score (nSPS) is 16.9. The molecule has 0 unspecified atom stereocenters. The van der Waals surface area contributed by atoms with Gasteiger partial charge in [-0.3, -0.25) is 4.90 Å². The number of aromatic nitrogens is 2. The average molecular weight is 274 g/mol. The minimum atomic E-state index is 0.776. The molecule has 0 aliphatic carbocycles. The number of nitrogens with two attached hydrogens (primary N) is 1. The fraction of sp³-hybridized carbons (Fsp3) is 0.533. The standard InChI is InChI=1S/C15H22N4O/c1-2-15-17-13-11-12(16)3-4-14(13)19(15)6-5-18-7-9-20-10-8-18/h3-4,11H,2,5-10,16H2,1H3. The largest absolute Gasteiger partial charge is 0.399 e. The van der Waals surface area contributed by atoms with Crippen LogP contribution in [0.15, 0.2) is 18.2 Å². The van der Waals surface area contributed by atoms with Crippen LogP contribution in [0.4, 0.5) is 5.69 Å². The Bertz CT molecular complexity index is 587. The van der Waals surface area contributed by atoms with E-state index < -0.39 is 0 Å². The zero-order chi connectivity index (χ0) is 13.9.